The van der Waals surface area contributed by atoms with Gasteiger partial charge in [0.2, 0.25) is 11.6 Å². The van der Waals surface area contributed by atoms with Gasteiger partial charge in [0.15, 0.2) is 0 Å². The first kappa shape index (κ1) is 17.9. The van der Waals surface area contributed by atoms with Crippen molar-refractivity contribution >= 4 is 23.1 Å². The van der Waals surface area contributed by atoms with Crippen LogP contribution >= 0.6 is 0 Å². The van der Waals surface area contributed by atoms with Crippen LogP contribution in [0.2, 0.25) is 0 Å². The molecule has 1 aromatic carbocycles. The van der Waals surface area contributed by atoms with Crippen molar-refractivity contribution in [3.63, 3.8) is 0 Å². The van der Waals surface area contributed by atoms with Gasteiger partial charge in [0.1, 0.15) is 11.9 Å². The lowest BCUT2D eigenvalue weighted by molar-refractivity contribution is -0.385. The largest absolute Gasteiger partial charge is 0.350 e. The highest BCUT2D eigenvalue weighted by Gasteiger charge is 2.18. The molecule has 1 heterocycles. The highest BCUT2D eigenvalue weighted by molar-refractivity contribution is 5.95. The summed E-state index contributed by atoms with van der Waals surface area (Å²) in [5.41, 5.74) is 2.02. The molecule has 0 aliphatic heterocycles. The lowest BCUT2D eigenvalue weighted by Crippen LogP contribution is -2.31. The van der Waals surface area contributed by atoms with E-state index >= 15 is 0 Å². The van der Waals surface area contributed by atoms with E-state index in [0.717, 1.165) is 16.8 Å². The number of nitrogens with one attached hydrogen (secondary N) is 1. The number of nitriles is 1. The molecule has 8 heteroatoms. The van der Waals surface area contributed by atoms with Crippen LogP contribution in [0.5, 0.6) is 0 Å². The Balaban J connectivity index is 2.14. The van der Waals surface area contributed by atoms with Crippen molar-refractivity contribution < 1.29 is 9.72 Å². The molecule has 0 radical (unpaired) electrons. The van der Waals surface area contributed by atoms with E-state index in [1.807, 2.05) is 32.0 Å². The van der Waals surface area contributed by atoms with E-state index in [4.69, 9.17) is 5.26 Å². The zero-order valence-corrected chi connectivity index (χ0v) is 14.1. The van der Waals surface area contributed by atoms with Gasteiger partial charge >= 0.3 is 5.69 Å². The number of pyridine rings is 1. The molecule has 2 aromatic rings. The number of carbonyl (C=O) groups excluding carboxylic acids is 1. The maximum atomic E-state index is 12.3. The van der Waals surface area contributed by atoms with E-state index in [-0.39, 0.29) is 23.8 Å². The first-order valence-corrected chi connectivity index (χ1v) is 7.46. The van der Waals surface area contributed by atoms with Crippen LogP contribution in [0.25, 0.3) is 0 Å². The first-order valence-electron chi connectivity index (χ1n) is 7.46. The predicted molar refractivity (Wildman–Crippen MR) is 93.4 cm³/mol. The third-order valence-electron chi connectivity index (χ3n) is 3.68. The van der Waals surface area contributed by atoms with Crippen molar-refractivity contribution in [1.29, 1.82) is 5.26 Å². The Hall–Kier alpha value is -3.47. The molecular weight excluding hydrogens is 322 g/mol. The highest BCUT2D eigenvalue weighted by atomic mass is 16.6. The minimum atomic E-state index is -0.664. The smallest absolute Gasteiger partial charge is 0.305 e. The molecule has 128 valence electrons. The van der Waals surface area contributed by atoms with E-state index < -0.39 is 4.92 Å². The van der Waals surface area contributed by atoms with Gasteiger partial charge in [-0.3, -0.25) is 14.9 Å². The van der Waals surface area contributed by atoms with Crippen molar-refractivity contribution in [2.24, 2.45) is 0 Å². The summed E-state index contributed by atoms with van der Waals surface area (Å²) in [6, 6.07) is 10.0. The molecule has 0 spiro atoms. The molecule has 0 bridgehead atoms. The Morgan fingerprint density at radius 2 is 1.96 bits per heavy atom. The van der Waals surface area contributed by atoms with Gasteiger partial charge in [0.25, 0.3) is 0 Å². The normalized spacial score (nSPS) is 10.0. The molecule has 0 unspecified atom stereocenters. The zero-order chi connectivity index (χ0) is 18.6. The van der Waals surface area contributed by atoms with Gasteiger partial charge in [-0.15, -0.1) is 0 Å². The van der Waals surface area contributed by atoms with E-state index in [9.17, 15) is 14.9 Å². The van der Waals surface area contributed by atoms with Crippen LogP contribution < -0.4 is 10.2 Å². The van der Waals surface area contributed by atoms with E-state index in [1.165, 1.54) is 17.0 Å². The van der Waals surface area contributed by atoms with Crippen molar-refractivity contribution in [3.05, 3.63) is 57.3 Å². The van der Waals surface area contributed by atoms with Gasteiger partial charge in [0, 0.05) is 18.8 Å². The quantitative estimate of drug-likeness (QED) is 0.662. The topological polar surface area (TPSA) is 112 Å². The van der Waals surface area contributed by atoms with Crippen LogP contribution in [0.1, 0.15) is 16.8 Å². The van der Waals surface area contributed by atoms with Gasteiger partial charge in [-0.1, -0.05) is 18.2 Å². The van der Waals surface area contributed by atoms with Crippen LogP contribution in [0, 0.1) is 35.3 Å². The molecule has 0 saturated heterocycles. The summed E-state index contributed by atoms with van der Waals surface area (Å²) in [5, 5.41) is 22.7. The number of hydrogen-bond donors (Lipinski definition) is 1. The summed E-state index contributed by atoms with van der Waals surface area (Å²) in [7, 11) is 1.62. The number of aromatic nitrogens is 1. The maximum Gasteiger partial charge on any atom is 0.305 e. The Labute approximate surface area is 144 Å². The molecule has 0 aliphatic carbocycles. The fourth-order valence-electron chi connectivity index (χ4n) is 2.37. The number of anilines is 2. The van der Waals surface area contributed by atoms with Crippen molar-refractivity contribution in [1.82, 2.24) is 4.98 Å². The molecule has 0 aliphatic rings. The molecule has 25 heavy (non-hydrogen) atoms. The maximum absolute atomic E-state index is 12.3. The summed E-state index contributed by atoms with van der Waals surface area (Å²) in [6.45, 7) is 3.80. The minimum absolute atomic E-state index is 0.0105. The van der Waals surface area contributed by atoms with Crippen LogP contribution in [-0.2, 0) is 4.79 Å². The van der Waals surface area contributed by atoms with Gasteiger partial charge in [0.05, 0.1) is 11.5 Å². The summed E-state index contributed by atoms with van der Waals surface area (Å²) in [5.74, 6) is 0.0531. The SMILES string of the molecule is Cc1cccc(C)c1NC(=O)CN(C)c1ccc([N+](=O)[O-])c(C#N)n1. The number of likely N-dealkylation sites (N-methyl/N-ethyl adjacent to an activating group) is 1. The van der Waals surface area contributed by atoms with Gasteiger partial charge in [-0.25, -0.2) is 4.98 Å². The fourth-order valence-corrected chi connectivity index (χ4v) is 2.37. The summed E-state index contributed by atoms with van der Waals surface area (Å²) in [4.78, 5) is 27.9. The van der Waals surface area contributed by atoms with Crippen molar-refractivity contribution in [3.8, 4) is 6.07 Å². The van der Waals surface area contributed by atoms with Crippen LogP contribution in [0.3, 0.4) is 0 Å². The zero-order valence-electron chi connectivity index (χ0n) is 14.1. The van der Waals surface area contributed by atoms with E-state index in [0.29, 0.717) is 5.82 Å². The Morgan fingerprint density at radius 1 is 1.32 bits per heavy atom. The average Bonchev–Trinajstić information content (AvgIpc) is 2.57. The number of aryl methyl sites for hydroxylation is 2. The number of carbonyl (C=O) groups is 1. The van der Waals surface area contributed by atoms with Crippen LogP contribution in [0.4, 0.5) is 17.2 Å². The summed E-state index contributed by atoms with van der Waals surface area (Å²) in [6.07, 6.45) is 0. The molecule has 0 fully saturated rings. The fraction of sp³-hybridized carbons (Fsp3) is 0.235. The Kier molecular flexibility index (Phi) is 5.29. The predicted octanol–water partition coefficient (Wildman–Crippen LogP) is 2.55. The standard InChI is InChI=1S/C17H17N5O3/c1-11-5-4-6-12(2)17(11)20-16(23)10-21(3)15-8-7-14(22(24)25)13(9-18)19-15/h4-8H,10H2,1-3H3,(H,20,23). The number of nitro groups is 1. The van der Waals surface area contributed by atoms with E-state index in [2.05, 4.69) is 10.3 Å². The molecule has 0 atom stereocenters. The minimum Gasteiger partial charge on any atom is -0.350 e. The lowest BCUT2D eigenvalue weighted by atomic mass is 10.1. The first-order chi connectivity index (χ1) is 11.8. The van der Waals surface area contributed by atoms with Crippen LogP contribution in [-0.4, -0.2) is 29.4 Å². The number of para-hydroxylation sites is 1. The molecular formula is C17H17N5O3. The summed E-state index contributed by atoms with van der Waals surface area (Å²) >= 11 is 0. The molecule has 2 rings (SSSR count). The number of hydrogen-bond acceptors (Lipinski definition) is 6. The third-order valence-corrected chi connectivity index (χ3v) is 3.68. The Morgan fingerprint density at radius 3 is 2.52 bits per heavy atom. The lowest BCUT2D eigenvalue weighted by Gasteiger charge is -2.19. The van der Waals surface area contributed by atoms with Crippen LogP contribution in [0.15, 0.2) is 30.3 Å². The van der Waals surface area contributed by atoms with Gasteiger partial charge in [-0.2, -0.15) is 5.26 Å². The third kappa shape index (κ3) is 4.09. The number of nitrogens with zero attached hydrogens (tertiary/aromatic N) is 4. The summed E-state index contributed by atoms with van der Waals surface area (Å²) < 4.78 is 0. The molecule has 8 nitrogen and oxygen atoms in total. The second-order valence-corrected chi connectivity index (χ2v) is 5.58. The highest BCUT2D eigenvalue weighted by Crippen LogP contribution is 2.21. The molecule has 1 amide bonds. The molecule has 1 aromatic heterocycles. The van der Waals surface area contributed by atoms with Gasteiger partial charge in [-0.05, 0) is 31.0 Å². The Bertz CT molecular complexity index is 853. The number of rotatable bonds is 5. The van der Waals surface area contributed by atoms with E-state index in [1.54, 1.807) is 13.1 Å². The second kappa shape index (κ2) is 7.40. The van der Waals surface area contributed by atoms with Crippen molar-refractivity contribution in [2.75, 3.05) is 23.8 Å². The molecule has 1 N–H and O–H groups in total. The monoisotopic (exact) mass is 339 g/mol. The van der Waals surface area contributed by atoms with Gasteiger partial charge < -0.3 is 10.2 Å². The average molecular weight is 339 g/mol. The molecule has 0 saturated carbocycles. The number of amides is 1. The van der Waals surface area contributed by atoms with Crippen molar-refractivity contribution in [2.45, 2.75) is 13.8 Å². The second-order valence-electron chi connectivity index (χ2n) is 5.58. The number of benzene rings is 1.